The Kier molecular flexibility index (Phi) is 11.0. The summed E-state index contributed by atoms with van der Waals surface area (Å²) in [5, 5.41) is 13.2. The number of hydrogen-bond acceptors (Lipinski definition) is 10. The maximum atomic E-state index is 5.80. The lowest BCUT2D eigenvalue weighted by Gasteiger charge is -2.24. The first-order chi connectivity index (χ1) is 21.0. The van der Waals surface area contributed by atoms with Crippen LogP contribution in [0.1, 0.15) is 46.9 Å². The number of hydrogen-bond donors (Lipinski definition) is 4. The minimum atomic E-state index is 0.135. The number of halogens is 1. The maximum absolute atomic E-state index is 5.80. The van der Waals surface area contributed by atoms with Crippen LogP contribution in [0.4, 0.5) is 23.3 Å². The van der Waals surface area contributed by atoms with Crippen LogP contribution in [0, 0.1) is 13.8 Å². The average Bonchev–Trinajstić information content (AvgIpc) is 3.05. The highest BCUT2D eigenvalue weighted by atomic mass is 79.9. The Morgan fingerprint density at radius 3 is 1.60 bits per heavy atom. The zero-order valence-corrected chi connectivity index (χ0v) is 26.4. The molecule has 2 atom stereocenters. The van der Waals surface area contributed by atoms with Gasteiger partial charge in [-0.15, -0.1) is 0 Å². The molecule has 0 bridgehead atoms. The molecule has 0 amide bonds. The fourth-order valence-electron chi connectivity index (χ4n) is 4.83. The number of benzene rings is 2. The Balaban J connectivity index is 0.000000171. The molecule has 43 heavy (non-hydrogen) atoms. The molecule has 0 aliphatic carbocycles. The van der Waals surface area contributed by atoms with Gasteiger partial charge in [0.25, 0.3) is 0 Å². The predicted molar refractivity (Wildman–Crippen MR) is 173 cm³/mol. The van der Waals surface area contributed by atoms with E-state index in [1.54, 1.807) is 12.4 Å². The van der Waals surface area contributed by atoms with Crippen molar-refractivity contribution in [3.05, 3.63) is 93.5 Å². The molecule has 2 saturated heterocycles. The van der Waals surface area contributed by atoms with Crippen LogP contribution in [0.3, 0.4) is 0 Å². The molecule has 2 fully saturated rings. The number of morpholine rings is 2. The van der Waals surface area contributed by atoms with Crippen molar-refractivity contribution in [3.63, 3.8) is 0 Å². The molecule has 226 valence electrons. The Morgan fingerprint density at radius 2 is 1.21 bits per heavy atom. The molecule has 0 saturated carbocycles. The third kappa shape index (κ3) is 8.77. The van der Waals surface area contributed by atoms with Crippen LogP contribution < -0.4 is 21.3 Å². The van der Waals surface area contributed by atoms with E-state index in [1.165, 1.54) is 11.1 Å². The number of nitrogens with zero attached hydrogens (tertiary/aromatic N) is 4. The van der Waals surface area contributed by atoms with E-state index >= 15 is 0 Å². The molecule has 2 unspecified atom stereocenters. The summed E-state index contributed by atoms with van der Waals surface area (Å²) < 4.78 is 12.4. The van der Waals surface area contributed by atoms with Gasteiger partial charge in [-0.2, -0.15) is 0 Å². The van der Waals surface area contributed by atoms with Gasteiger partial charge in [0.2, 0.25) is 11.9 Å². The normalized spacial score (nSPS) is 18.3. The predicted octanol–water partition coefficient (Wildman–Crippen LogP) is 5.70. The minimum Gasteiger partial charge on any atom is -0.371 e. The highest BCUT2D eigenvalue weighted by Crippen LogP contribution is 2.27. The topological polar surface area (TPSA) is 118 Å². The maximum Gasteiger partial charge on any atom is 0.227 e. The summed E-state index contributed by atoms with van der Waals surface area (Å²) in [5.74, 6) is 1.22. The van der Waals surface area contributed by atoms with Crippen molar-refractivity contribution < 1.29 is 9.47 Å². The van der Waals surface area contributed by atoms with Crippen molar-refractivity contribution in [1.82, 2.24) is 30.6 Å². The molecular formula is C32H39BrN8O2. The van der Waals surface area contributed by atoms with E-state index in [0.29, 0.717) is 11.9 Å². The molecule has 4 N–H and O–H groups in total. The van der Waals surface area contributed by atoms with Crippen LogP contribution in [0.15, 0.2) is 65.7 Å². The first kappa shape index (κ1) is 31.0. The second-order valence-electron chi connectivity index (χ2n) is 10.5. The van der Waals surface area contributed by atoms with Gasteiger partial charge >= 0.3 is 0 Å². The van der Waals surface area contributed by atoms with Gasteiger partial charge in [-0.3, -0.25) is 0 Å². The SMILES string of the molecule is CCc1cnc(Nc2ccc(C3CNCCO3)cc2C)nc1.Cc1cc(C2CNCCO2)ccc1Nc1ncc(Br)cn1. The highest BCUT2D eigenvalue weighted by Gasteiger charge is 2.17. The number of aromatic nitrogens is 4. The molecule has 11 heteroatoms. The van der Waals surface area contributed by atoms with Gasteiger partial charge in [0, 0.05) is 62.3 Å². The summed E-state index contributed by atoms with van der Waals surface area (Å²) in [5.41, 5.74) is 7.88. The molecule has 0 radical (unpaired) electrons. The Bertz CT molecular complexity index is 1460. The van der Waals surface area contributed by atoms with E-state index < -0.39 is 0 Å². The average molecular weight is 648 g/mol. The van der Waals surface area contributed by atoms with Crippen LogP contribution in [0.2, 0.25) is 0 Å². The van der Waals surface area contributed by atoms with E-state index in [4.69, 9.17) is 9.47 Å². The highest BCUT2D eigenvalue weighted by molar-refractivity contribution is 9.10. The quantitative estimate of drug-likeness (QED) is 0.199. The van der Waals surface area contributed by atoms with E-state index in [1.807, 2.05) is 18.5 Å². The van der Waals surface area contributed by atoms with Crippen molar-refractivity contribution in [2.45, 2.75) is 39.4 Å². The Labute approximate surface area is 261 Å². The molecule has 10 nitrogen and oxygen atoms in total. The smallest absolute Gasteiger partial charge is 0.227 e. The lowest BCUT2D eigenvalue weighted by molar-refractivity contribution is 0.0276. The van der Waals surface area contributed by atoms with Gasteiger partial charge in [0.05, 0.1) is 29.9 Å². The van der Waals surface area contributed by atoms with Crippen molar-refractivity contribution in [1.29, 1.82) is 0 Å². The van der Waals surface area contributed by atoms with Crippen LogP contribution in [0.5, 0.6) is 0 Å². The number of rotatable bonds is 7. The standard InChI is InChI=1S/C17H22N4O.C15H17BrN4O/c1-3-13-9-19-17(20-10-13)21-15-5-4-14(8-12(15)2)16-11-18-6-7-22-16;1-10-6-11(14-9-17-4-5-21-14)2-3-13(10)20-15-18-7-12(16)8-19-15/h4-5,8-10,16,18H,3,6-7,11H2,1-2H3,(H,19,20,21);2-3,6-8,14,17H,4-5,9H2,1H3,(H,18,19,20). The van der Waals surface area contributed by atoms with Crippen LogP contribution in [-0.2, 0) is 15.9 Å². The summed E-state index contributed by atoms with van der Waals surface area (Å²) in [4.78, 5) is 17.1. The third-order valence-electron chi connectivity index (χ3n) is 7.33. The van der Waals surface area contributed by atoms with E-state index in [9.17, 15) is 0 Å². The first-order valence-electron chi connectivity index (χ1n) is 14.7. The first-order valence-corrected chi connectivity index (χ1v) is 15.5. The fourth-order valence-corrected chi connectivity index (χ4v) is 5.04. The molecule has 4 heterocycles. The Morgan fingerprint density at radius 1 is 0.744 bits per heavy atom. The van der Waals surface area contributed by atoms with Gasteiger partial charge in [-0.25, -0.2) is 19.9 Å². The third-order valence-corrected chi connectivity index (χ3v) is 7.74. The van der Waals surface area contributed by atoms with Crippen molar-refractivity contribution >= 4 is 39.2 Å². The molecule has 2 aliphatic heterocycles. The fraction of sp³-hybridized carbons (Fsp3) is 0.375. The number of nitrogens with one attached hydrogen (secondary N) is 4. The number of anilines is 4. The number of aryl methyl sites for hydroxylation is 3. The van der Waals surface area contributed by atoms with E-state index in [0.717, 1.165) is 78.4 Å². The second-order valence-corrected chi connectivity index (χ2v) is 11.4. The molecular weight excluding hydrogens is 608 g/mol. The summed E-state index contributed by atoms with van der Waals surface area (Å²) in [6.07, 6.45) is 8.39. The summed E-state index contributed by atoms with van der Waals surface area (Å²) in [7, 11) is 0. The molecule has 0 spiro atoms. The molecule has 4 aromatic rings. The van der Waals surface area contributed by atoms with Gasteiger partial charge < -0.3 is 30.7 Å². The number of ether oxygens (including phenoxy) is 2. The summed E-state index contributed by atoms with van der Waals surface area (Å²) in [6, 6.07) is 12.6. The lowest BCUT2D eigenvalue weighted by atomic mass is 10.0. The second kappa shape index (κ2) is 15.3. The van der Waals surface area contributed by atoms with Gasteiger partial charge in [0.15, 0.2) is 0 Å². The zero-order chi connectivity index (χ0) is 30.0. The summed E-state index contributed by atoms with van der Waals surface area (Å²) >= 11 is 3.33. The Hall–Kier alpha value is -3.48. The largest absolute Gasteiger partial charge is 0.371 e. The summed E-state index contributed by atoms with van der Waals surface area (Å²) in [6.45, 7) is 11.4. The molecule has 6 rings (SSSR count). The zero-order valence-electron chi connectivity index (χ0n) is 24.9. The molecule has 2 aromatic heterocycles. The molecule has 2 aliphatic rings. The molecule has 2 aromatic carbocycles. The van der Waals surface area contributed by atoms with Gasteiger partial charge in [0.1, 0.15) is 0 Å². The van der Waals surface area contributed by atoms with E-state index in [-0.39, 0.29) is 12.2 Å². The van der Waals surface area contributed by atoms with Gasteiger partial charge in [-0.1, -0.05) is 31.2 Å². The van der Waals surface area contributed by atoms with Crippen LogP contribution in [-0.4, -0.2) is 59.3 Å². The van der Waals surface area contributed by atoms with Crippen molar-refractivity contribution in [2.75, 3.05) is 50.0 Å². The van der Waals surface area contributed by atoms with E-state index in [2.05, 4.69) is 108 Å². The van der Waals surface area contributed by atoms with Crippen LogP contribution in [0.25, 0.3) is 0 Å². The van der Waals surface area contributed by atoms with Crippen molar-refractivity contribution in [2.24, 2.45) is 0 Å². The lowest BCUT2D eigenvalue weighted by Crippen LogP contribution is -2.33. The van der Waals surface area contributed by atoms with Crippen LogP contribution >= 0.6 is 15.9 Å². The van der Waals surface area contributed by atoms with Crippen molar-refractivity contribution in [3.8, 4) is 0 Å². The monoisotopic (exact) mass is 646 g/mol. The minimum absolute atomic E-state index is 0.135. The van der Waals surface area contributed by atoms with Gasteiger partial charge in [-0.05, 0) is 76.1 Å².